The summed E-state index contributed by atoms with van der Waals surface area (Å²) in [4.78, 5) is 17.8. The van der Waals surface area contributed by atoms with E-state index in [4.69, 9.17) is 15.0 Å². The van der Waals surface area contributed by atoms with Gasteiger partial charge in [-0.3, -0.25) is 4.90 Å². The molecule has 0 amide bonds. The van der Waals surface area contributed by atoms with Crippen LogP contribution in [0.25, 0.3) is 78.5 Å². The van der Waals surface area contributed by atoms with Gasteiger partial charge >= 0.3 is 0 Å². The highest BCUT2D eigenvalue weighted by atomic mass is 15.3. The second-order valence-electron chi connectivity index (χ2n) is 14.8. The van der Waals surface area contributed by atoms with E-state index >= 15 is 0 Å². The van der Waals surface area contributed by atoms with Crippen molar-refractivity contribution in [2.45, 2.75) is 12.8 Å². The molecule has 3 heterocycles. The number of allylic oxidation sites excluding steroid dienone is 4. The van der Waals surface area contributed by atoms with E-state index in [9.17, 15) is 0 Å². The van der Waals surface area contributed by atoms with Crippen molar-refractivity contribution in [2.75, 3.05) is 4.90 Å². The highest BCUT2D eigenvalue weighted by Crippen LogP contribution is 2.54. The van der Waals surface area contributed by atoms with Crippen molar-refractivity contribution in [1.29, 1.82) is 0 Å². The monoisotopic (exact) mass is 743 g/mol. The normalized spacial score (nSPS) is 13.0. The van der Waals surface area contributed by atoms with E-state index in [1.54, 1.807) is 0 Å². The Hall–Kier alpha value is -7.63. The largest absolute Gasteiger partial charge is 0.308 e. The number of rotatable bonds is 6. The van der Waals surface area contributed by atoms with Crippen molar-refractivity contribution in [3.05, 3.63) is 206 Å². The van der Waals surface area contributed by atoms with Crippen LogP contribution in [0.3, 0.4) is 0 Å². The SMILES string of the molecule is C1=CCCC(c2cc(-c3ccccc3)cc(-n3c4c(c5ccccc53)-c3ccccc3N(c3nc(-c5ccccc5)nc(-c5ccccc5)n3)c3ccccc3-4)c2)=C1. The van der Waals surface area contributed by atoms with Crippen LogP contribution in [-0.4, -0.2) is 19.5 Å². The van der Waals surface area contributed by atoms with E-state index in [0.717, 1.165) is 63.4 Å². The molecule has 2 aliphatic rings. The molecule has 7 aromatic carbocycles. The predicted octanol–water partition coefficient (Wildman–Crippen LogP) is 13.7. The predicted molar refractivity (Wildman–Crippen MR) is 238 cm³/mol. The summed E-state index contributed by atoms with van der Waals surface area (Å²) in [5, 5.41) is 1.18. The molecule has 1 aliphatic carbocycles. The summed E-state index contributed by atoms with van der Waals surface area (Å²) in [5.74, 6) is 1.79. The van der Waals surface area contributed by atoms with E-state index in [0.29, 0.717) is 17.6 Å². The van der Waals surface area contributed by atoms with Crippen LogP contribution in [-0.2, 0) is 0 Å². The van der Waals surface area contributed by atoms with E-state index in [1.165, 1.54) is 33.2 Å². The molecule has 9 aromatic rings. The molecule has 0 spiro atoms. The Morgan fingerprint density at radius 3 is 1.71 bits per heavy atom. The first-order valence-electron chi connectivity index (χ1n) is 19.8. The molecule has 5 heteroatoms. The van der Waals surface area contributed by atoms with Gasteiger partial charge in [0.05, 0.1) is 22.6 Å². The lowest BCUT2D eigenvalue weighted by molar-refractivity contribution is 1.02. The van der Waals surface area contributed by atoms with Crippen LogP contribution in [0.4, 0.5) is 17.3 Å². The average Bonchev–Trinajstić information content (AvgIpc) is 3.59. The van der Waals surface area contributed by atoms with Crippen molar-refractivity contribution in [1.82, 2.24) is 19.5 Å². The molecule has 1 aliphatic heterocycles. The van der Waals surface area contributed by atoms with Gasteiger partial charge in [0.1, 0.15) is 0 Å². The highest BCUT2D eigenvalue weighted by Gasteiger charge is 2.33. The molecule has 0 bridgehead atoms. The van der Waals surface area contributed by atoms with Gasteiger partial charge in [0.15, 0.2) is 11.6 Å². The van der Waals surface area contributed by atoms with Crippen molar-refractivity contribution >= 4 is 33.8 Å². The Balaban J connectivity index is 1.22. The van der Waals surface area contributed by atoms with Crippen LogP contribution < -0.4 is 4.90 Å². The van der Waals surface area contributed by atoms with Gasteiger partial charge in [0.25, 0.3) is 0 Å². The van der Waals surface area contributed by atoms with E-state index in [-0.39, 0.29) is 0 Å². The fraction of sp³-hybridized carbons (Fsp3) is 0.0377. The van der Waals surface area contributed by atoms with Crippen molar-refractivity contribution in [3.63, 3.8) is 0 Å². The van der Waals surface area contributed by atoms with Gasteiger partial charge in [-0.05, 0) is 71.5 Å². The molecule has 0 fully saturated rings. The minimum atomic E-state index is 0.555. The Labute approximate surface area is 337 Å². The molecule has 0 atom stereocenters. The fourth-order valence-corrected chi connectivity index (χ4v) is 8.59. The maximum absolute atomic E-state index is 5.28. The molecule has 0 saturated heterocycles. The summed E-state index contributed by atoms with van der Waals surface area (Å²) in [5.41, 5.74) is 15.6. The van der Waals surface area contributed by atoms with Gasteiger partial charge < -0.3 is 4.57 Å². The fourth-order valence-electron chi connectivity index (χ4n) is 8.59. The summed E-state index contributed by atoms with van der Waals surface area (Å²) in [6, 6.07) is 64.4. The van der Waals surface area contributed by atoms with Gasteiger partial charge in [0.2, 0.25) is 5.95 Å². The number of hydrogen-bond donors (Lipinski definition) is 0. The molecular formula is C53H37N5. The Morgan fingerprint density at radius 1 is 0.466 bits per heavy atom. The van der Waals surface area contributed by atoms with Crippen molar-refractivity contribution in [3.8, 4) is 62.0 Å². The third-order valence-electron chi connectivity index (χ3n) is 11.2. The zero-order chi connectivity index (χ0) is 38.4. The zero-order valence-corrected chi connectivity index (χ0v) is 31.7. The minimum absolute atomic E-state index is 0.555. The number of benzene rings is 7. The lowest BCUT2D eigenvalue weighted by Crippen LogP contribution is -2.16. The minimum Gasteiger partial charge on any atom is -0.308 e. The third-order valence-corrected chi connectivity index (χ3v) is 11.2. The van der Waals surface area contributed by atoms with Crippen LogP contribution in [0, 0.1) is 0 Å². The van der Waals surface area contributed by atoms with Gasteiger partial charge in [0, 0.05) is 38.9 Å². The van der Waals surface area contributed by atoms with Crippen LogP contribution in [0.2, 0.25) is 0 Å². The van der Waals surface area contributed by atoms with Crippen LogP contribution in [0.1, 0.15) is 18.4 Å². The molecule has 274 valence electrons. The zero-order valence-electron chi connectivity index (χ0n) is 31.7. The first-order chi connectivity index (χ1) is 28.8. The Morgan fingerprint density at radius 2 is 1.03 bits per heavy atom. The second-order valence-corrected chi connectivity index (χ2v) is 14.8. The number of anilines is 3. The van der Waals surface area contributed by atoms with Crippen molar-refractivity contribution < 1.29 is 0 Å². The molecule has 58 heavy (non-hydrogen) atoms. The quantitative estimate of drug-likeness (QED) is 0.170. The van der Waals surface area contributed by atoms with Gasteiger partial charge in [-0.15, -0.1) is 0 Å². The lowest BCUT2D eigenvalue weighted by atomic mass is 9.93. The van der Waals surface area contributed by atoms with Gasteiger partial charge in [-0.2, -0.15) is 9.97 Å². The summed E-state index contributed by atoms with van der Waals surface area (Å²) >= 11 is 0. The summed E-state index contributed by atoms with van der Waals surface area (Å²) in [7, 11) is 0. The van der Waals surface area contributed by atoms with Crippen LogP contribution >= 0.6 is 0 Å². The average molecular weight is 744 g/mol. The lowest BCUT2D eigenvalue weighted by Gasteiger charge is -2.26. The molecule has 5 nitrogen and oxygen atoms in total. The molecule has 11 rings (SSSR count). The van der Waals surface area contributed by atoms with Crippen LogP contribution in [0.15, 0.2) is 200 Å². The highest BCUT2D eigenvalue weighted by molar-refractivity contribution is 6.12. The standard InChI is InChI=1S/C53H37N5/c1-5-19-36(20-6-1)40-33-41(37-21-7-2-8-22-37)35-42(34-40)57-46-30-16-13-27-43(46)49-44-28-14-17-31-47(44)58(48-32-18-15-29-45(48)50(49)57)53-55-51(38-23-9-3-10-24-38)54-52(56-53)39-25-11-4-12-26-39/h1-7,9-21,23-35H,8,22H2. The first-order valence-corrected chi connectivity index (χ1v) is 19.8. The number of aromatic nitrogens is 4. The molecule has 0 unspecified atom stereocenters. The van der Waals surface area contributed by atoms with E-state index in [1.807, 2.05) is 36.4 Å². The number of fused-ring (bicyclic) bond motifs is 7. The maximum atomic E-state index is 5.28. The molecule has 0 radical (unpaired) electrons. The first kappa shape index (κ1) is 33.7. The van der Waals surface area contributed by atoms with E-state index in [2.05, 4.69) is 173 Å². The van der Waals surface area contributed by atoms with Crippen molar-refractivity contribution in [2.24, 2.45) is 0 Å². The Bertz CT molecular complexity index is 3000. The van der Waals surface area contributed by atoms with E-state index < -0.39 is 0 Å². The number of nitrogens with zero attached hydrogens (tertiary/aromatic N) is 5. The Kier molecular flexibility index (Phi) is 8.21. The smallest absolute Gasteiger partial charge is 0.238 e. The number of para-hydroxylation sites is 3. The molecule has 0 saturated carbocycles. The second kappa shape index (κ2) is 14.1. The molecule has 0 N–H and O–H groups in total. The van der Waals surface area contributed by atoms with Crippen LogP contribution in [0.5, 0.6) is 0 Å². The van der Waals surface area contributed by atoms with Gasteiger partial charge in [-0.1, -0.05) is 164 Å². The topological polar surface area (TPSA) is 46.8 Å². The summed E-state index contributed by atoms with van der Waals surface area (Å²) < 4.78 is 2.48. The van der Waals surface area contributed by atoms with Gasteiger partial charge in [-0.25, -0.2) is 4.98 Å². The summed E-state index contributed by atoms with van der Waals surface area (Å²) in [6.45, 7) is 0. The summed E-state index contributed by atoms with van der Waals surface area (Å²) in [6.07, 6.45) is 8.76. The number of hydrogen-bond acceptors (Lipinski definition) is 4. The third kappa shape index (κ3) is 5.75. The molecular weight excluding hydrogens is 707 g/mol. The molecule has 2 aromatic heterocycles. The maximum Gasteiger partial charge on any atom is 0.238 e.